The lowest BCUT2D eigenvalue weighted by atomic mass is 10.2. The number of hydrogen-bond donors (Lipinski definition) is 4. The van der Waals surface area contributed by atoms with Gasteiger partial charge in [-0.05, 0) is 12.1 Å². The number of aromatic nitrogens is 4. The Kier molecular flexibility index (Phi) is 8.40. The van der Waals surface area contributed by atoms with Crippen molar-refractivity contribution in [2.45, 2.75) is 25.5 Å². The maximum Gasteiger partial charge on any atom is 0.0921 e. The Morgan fingerprint density at radius 1 is 1.00 bits per heavy atom. The Morgan fingerprint density at radius 2 is 1.68 bits per heavy atom. The maximum atomic E-state index is 5.96. The van der Waals surface area contributed by atoms with Gasteiger partial charge >= 0.3 is 0 Å². The summed E-state index contributed by atoms with van der Waals surface area (Å²) in [5, 5.41) is 0. The largest absolute Gasteiger partial charge is 0.375 e. The fourth-order valence-corrected chi connectivity index (χ4v) is 2.22. The van der Waals surface area contributed by atoms with Crippen LogP contribution in [0.1, 0.15) is 17.0 Å². The van der Waals surface area contributed by atoms with Gasteiger partial charge in [0.2, 0.25) is 0 Å². The second kappa shape index (κ2) is 11.1. The molecule has 0 aliphatic heterocycles. The monoisotopic (exact) mass is 342 g/mol. The quantitative estimate of drug-likeness (QED) is 0.493. The van der Waals surface area contributed by atoms with Crippen LogP contribution in [0.4, 0.5) is 0 Å². The van der Waals surface area contributed by atoms with Gasteiger partial charge in [0, 0.05) is 42.7 Å². The van der Waals surface area contributed by atoms with Crippen LogP contribution < -0.4 is 11.5 Å². The van der Waals surface area contributed by atoms with E-state index in [9.17, 15) is 0 Å². The molecule has 1 atom stereocenters. The average Bonchev–Trinajstić information content (AvgIpc) is 3.31. The van der Waals surface area contributed by atoms with Crippen LogP contribution in [0.25, 0.3) is 0 Å². The molecule has 3 rings (SSSR count). The third kappa shape index (κ3) is 7.75. The van der Waals surface area contributed by atoms with Crippen molar-refractivity contribution in [2.24, 2.45) is 11.5 Å². The standard InChI is InChI=1S/C13H17N3O.C5H9N3/c14-12(6-13-7-15-10-16-13)9-17-8-11-4-2-1-3-5-11;6-2-1-5-3-7-4-8-5/h1-5,7,10,12H,6,8-9,14H2,(H,15,16);3-4H,1-2,6H2,(H,7,8)/t12-;/m1./s1. The minimum atomic E-state index is -0.000776. The lowest BCUT2D eigenvalue weighted by Gasteiger charge is -2.11. The van der Waals surface area contributed by atoms with E-state index in [1.54, 1.807) is 25.0 Å². The smallest absolute Gasteiger partial charge is 0.0921 e. The molecule has 6 N–H and O–H groups in total. The number of rotatable bonds is 8. The van der Waals surface area contributed by atoms with Gasteiger partial charge in [0.25, 0.3) is 0 Å². The van der Waals surface area contributed by atoms with Gasteiger partial charge in [0.15, 0.2) is 0 Å². The second-order valence-electron chi connectivity index (χ2n) is 5.66. The first kappa shape index (κ1) is 18.9. The number of aromatic amines is 2. The van der Waals surface area contributed by atoms with Crippen molar-refractivity contribution in [3.63, 3.8) is 0 Å². The third-order valence-corrected chi connectivity index (χ3v) is 3.45. The molecule has 0 spiro atoms. The van der Waals surface area contributed by atoms with Gasteiger partial charge in [-0.15, -0.1) is 0 Å². The molecule has 0 radical (unpaired) electrons. The Labute approximate surface area is 147 Å². The predicted molar refractivity (Wildman–Crippen MR) is 97.7 cm³/mol. The van der Waals surface area contributed by atoms with Gasteiger partial charge in [0.1, 0.15) is 0 Å². The Morgan fingerprint density at radius 3 is 2.28 bits per heavy atom. The first-order chi connectivity index (χ1) is 12.3. The van der Waals surface area contributed by atoms with Crippen molar-refractivity contribution >= 4 is 0 Å². The molecule has 2 aromatic heterocycles. The predicted octanol–water partition coefficient (Wildman–Crippen LogP) is 1.41. The molecule has 1 aromatic carbocycles. The number of hydrogen-bond acceptors (Lipinski definition) is 5. The van der Waals surface area contributed by atoms with Gasteiger partial charge in [-0.2, -0.15) is 0 Å². The molecule has 3 aromatic rings. The highest BCUT2D eigenvalue weighted by molar-refractivity contribution is 5.13. The molecule has 0 bridgehead atoms. The molecule has 0 amide bonds. The Bertz CT molecular complexity index is 654. The van der Waals surface area contributed by atoms with E-state index in [1.165, 1.54) is 5.56 Å². The third-order valence-electron chi connectivity index (χ3n) is 3.45. The zero-order valence-electron chi connectivity index (χ0n) is 14.3. The van der Waals surface area contributed by atoms with Crippen molar-refractivity contribution in [1.29, 1.82) is 0 Å². The summed E-state index contributed by atoms with van der Waals surface area (Å²) in [4.78, 5) is 13.8. The van der Waals surface area contributed by atoms with E-state index in [2.05, 4.69) is 19.9 Å². The summed E-state index contributed by atoms with van der Waals surface area (Å²) in [7, 11) is 0. The summed E-state index contributed by atoms with van der Waals surface area (Å²) < 4.78 is 5.57. The van der Waals surface area contributed by atoms with Crippen molar-refractivity contribution < 1.29 is 4.74 Å². The highest BCUT2D eigenvalue weighted by atomic mass is 16.5. The fourth-order valence-electron chi connectivity index (χ4n) is 2.22. The summed E-state index contributed by atoms with van der Waals surface area (Å²) >= 11 is 0. The first-order valence-electron chi connectivity index (χ1n) is 8.29. The Balaban J connectivity index is 0.000000236. The van der Waals surface area contributed by atoms with Crippen LogP contribution in [0.3, 0.4) is 0 Å². The van der Waals surface area contributed by atoms with Crippen LogP contribution in [0.2, 0.25) is 0 Å². The van der Waals surface area contributed by atoms with Gasteiger partial charge in [0.05, 0.1) is 25.9 Å². The van der Waals surface area contributed by atoms with Crippen LogP contribution in [0.15, 0.2) is 55.4 Å². The molecule has 0 saturated carbocycles. The molecular formula is C18H26N6O. The Hall–Kier alpha value is -2.48. The maximum absolute atomic E-state index is 5.96. The number of imidazole rings is 2. The van der Waals surface area contributed by atoms with E-state index in [0.29, 0.717) is 19.8 Å². The molecular weight excluding hydrogens is 316 g/mol. The lowest BCUT2D eigenvalue weighted by molar-refractivity contribution is 0.107. The molecule has 0 aliphatic rings. The van der Waals surface area contributed by atoms with Crippen LogP contribution in [0.5, 0.6) is 0 Å². The number of nitrogens with two attached hydrogens (primary N) is 2. The summed E-state index contributed by atoms with van der Waals surface area (Å²) in [6, 6.07) is 10.1. The molecule has 0 unspecified atom stereocenters. The minimum absolute atomic E-state index is 0.000776. The van der Waals surface area contributed by atoms with Crippen LogP contribution in [-0.4, -0.2) is 39.1 Å². The molecule has 2 heterocycles. The van der Waals surface area contributed by atoms with Gasteiger partial charge in [-0.1, -0.05) is 30.3 Å². The highest BCUT2D eigenvalue weighted by Crippen LogP contribution is 2.02. The van der Waals surface area contributed by atoms with Crippen molar-refractivity contribution in [3.8, 4) is 0 Å². The fraction of sp³-hybridized carbons (Fsp3) is 0.333. The van der Waals surface area contributed by atoms with E-state index in [1.807, 2.05) is 30.3 Å². The SMILES string of the molecule is NCCc1cnc[nH]1.N[C@@H](COCc1ccccc1)Cc1cnc[nH]1. The second-order valence-corrected chi connectivity index (χ2v) is 5.66. The molecule has 25 heavy (non-hydrogen) atoms. The van der Waals surface area contributed by atoms with Crippen molar-refractivity contribution in [3.05, 3.63) is 72.3 Å². The number of nitrogens with zero attached hydrogens (tertiary/aromatic N) is 2. The topological polar surface area (TPSA) is 119 Å². The molecule has 7 heteroatoms. The summed E-state index contributed by atoms with van der Waals surface area (Å²) in [5.74, 6) is 0. The normalized spacial score (nSPS) is 11.6. The zero-order valence-corrected chi connectivity index (χ0v) is 14.3. The summed E-state index contributed by atoms with van der Waals surface area (Å²) in [6.07, 6.45) is 8.54. The number of ether oxygens (including phenoxy) is 1. The van der Waals surface area contributed by atoms with E-state index < -0.39 is 0 Å². The number of benzene rings is 1. The molecule has 0 fully saturated rings. The van der Waals surface area contributed by atoms with Gasteiger partial charge in [-0.25, -0.2) is 9.97 Å². The van der Waals surface area contributed by atoms with Crippen molar-refractivity contribution in [1.82, 2.24) is 19.9 Å². The van der Waals surface area contributed by atoms with Crippen LogP contribution >= 0.6 is 0 Å². The van der Waals surface area contributed by atoms with E-state index >= 15 is 0 Å². The van der Waals surface area contributed by atoms with E-state index in [0.717, 1.165) is 24.2 Å². The highest BCUT2D eigenvalue weighted by Gasteiger charge is 2.05. The first-order valence-corrected chi connectivity index (χ1v) is 8.29. The zero-order chi connectivity index (χ0) is 17.7. The van der Waals surface area contributed by atoms with E-state index in [-0.39, 0.29) is 6.04 Å². The lowest BCUT2D eigenvalue weighted by Crippen LogP contribution is -2.28. The number of H-pyrrole nitrogens is 2. The van der Waals surface area contributed by atoms with Gasteiger partial charge in [-0.3, -0.25) is 0 Å². The molecule has 134 valence electrons. The molecule has 7 nitrogen and oxygen atoms in total. The van der Waals surface area contributed by atoms with Crippen LogP contribution in [0, 0.1) is 0 Å². The molecule has 0 aliphatic carbocycles. The molecule has 0 saturated heterocycles. The average molecular weight is 342 g/mol. The number of nitrogens with one attached hydrogen (secondary N) is 2. The summed E-state index contributed by atoms with van der Waals surface area (Å²) in [6.45, 7) is 1.84. The van der Waals surface area contributed by atoms with Crippen molar-refractivity contribution in [2.75, 3.05) is 13.2 Å². The minimum Gasteiger partial charge on any atom is -0.375 e. The van der Waals surface area contributed by atoms with E-state index in [4.69, 9.17) is 16.2 Å². The van der Waals surface area contributed by atoms with Crippen LogP contribution in [-0.2, 0) is 24.2 Å². The summed E-state index contributed by atoms with van der Waals surface area (Å²) in [5.41, 5.74) is 14.5. The van der Waals surface area contributed by atoms with Gasteiger partial charge < -0.3 is 26.2 Å².